The minimum absolute atomic E-state index is 0.00539. The quantitative estimate of drug-likeness (QED) is 0.803. The summed E-state index contributed by atoms with van der Waals surface area (Å²) in [5, 5.41) is 13.0. The summed E-state index contributed by atoms with van der Waals surface area (Å²) in [6, 6.07) is 2.49. The molecule has 7 nitrogen and oxygen atoms in total. The van der Waals surface area contributed by atoms with Crippen LogP contribution in [0.2, 0.25) is 0 Å². The summed E-state index contributed by atoms with van der Waals surface area (Å²) in [5.74, 6) is 1.40. The summed E-state index contributed by atoms with van der Waals surface area (Å²) in [6.45, 7) is 14.6. The number of nitrogens with one attached hydrogen (secondary N) is 2. The molecule has 2 aliphatic heterocycles. The second kappa shape index (κ2) is 9.22. The van der Waals surface area contributed by atoms with Crippen LogP contribution < -0.4 is 15.2 Å². The number of aromatic nitrogens is 1. The normalized spacial score (nSPS) is 18.2. The highest BCUT2D eigenvalue weighted by molar-refractivity contribution is 5.74. The number of pyridine rings is 1. The number of anilines is 1. The fraction of sp³-hybridized carbons (Fsp3) is 0.696. The van der Waals surface area contributed by atoms with Gasteiger partial charge < -0.3 is 15.0 Å². The van der Waals surface area contributed by atoms with Gasteiger partial charge in [0.1, 0.15) is 30.4 Å². The van der Waals surface area contributed by atoms with E-state index in [-0.39, 0.29) is 11.6 Å². The monoisotopic (exact) mass is 414 g/mol. The molecule has 2 aliphatic rings. The number of piperazine rings is 1. The Morgan fingerprint density at radius 3 is 2.57 bits per heavy atom. The minimum Gasteiger partial charge on any atom is -0.370 e. The Morgan fingerprint density at radius 1 is 1.27 bits per heavy atom. The van der Waals surface area contributed by atoms with E-state index < -0.39 is 0 Å². The summed E-state index contributed by atoms with van der Waals surface area (Å²) in [6.07, 6.45) is 2.58. The third-order valence-electron chi connectivity index (χ3n) is 5.88. The standard InChI is InChI=1S/C23H35N5O2/c1-6-7-25-22(29)28-10-8-27(9-11-28)21-18(14-24)17-13-23(4,5)30-15-19(17)20(26-21)12-16(2)3/h16H,6-13,15H2,1-5H3,(H,25,29)/p+1. The third-order valence-corrected chi connectivity index (χ3v) is 5.88. The number of amides is 2. The first-order valence-corrected chi connectivity index (χ1v) is 11.2. The van der Waals surface area contributed by atoms with Crippen molar-refractivity contribution in [2.24, 2.45) is 5.92 Å². The van der Waals surface area contributed by atoms with Gasteiger partial charge in [0, 0.05) is 24.9 Å². The Labute approximate surface area is 180 Å². The van der Waals surface area contributed by atoms with Crippen molar-refractivity contribution in [3.8, 4) is 6.07 Å². The number of H-pyrrole nitrogens is 1. The van der Waals surface area contributed by atoms with Crippen molar-refractivity contribution in [3.63, 3.8) is 0 Å². The number of nitriles is 1. The van der Waals surface area contributed by atoms with Crippen molar-refractivity contribution in [1.29, 1.82) is 5.26 Å². The Bertz CT molecular complexity index is 820. The Morgan fingerprint density at radius 2 is 1.97 bits per heavy atom. The lowest BCUT2D eigenvalue weighted by Gasteiger charge is -2.35. The van der Waals surface area contributed by atoms with E-state index >= 15 is 0 Å². The Balaban J connectivity index is 1.90. The highest BCUT2D eigenvalue weighted by Crippen LogP contribution is 2.34. The molecule has 30 heavy (non-hydrogen) atoms. The van der Waals surface area contributed by atoms with E-state index in [0.29, 0.717) is 45.2 Å². The minimum atomic E-state index is -0.275. The van der Waals surface area contributed by atoms with Crippen molar-refractivity contribution in [3.05, 3.63) is 22.4 Å². The number of fused-ring (bicyclic) bond motifs is 1. The number of nitrogens with zero attached hydrogens (tertiary/aromatic N) is 3. The van der Waals surface area contributed by atoms with Crippen LogP contribution in [0.5, 0.6) is 0 Å². The first-order chi connectivity index (χ1) is 14.3. The SMILES string of the molecule is CCCNC(=O)N1CCN(c2[nH+]c(CC(C)C)c3c(c2C#N)CC(C)(C)OC3)CC1. The van der Waals surface area contributed by atoms with Gasteiger partial charge in [-0.25, -0.2) is 9.78 Å². The van der Waals surface area contributed by atoms with E-state index in [1.165, 1.54) is 5.69 Å². The highest BCUT2D eigenvalue weighted by Gasteiger charge is 2.36. The molecular formula is C23H36N5O2+. The predicted octanol–water partition coefficient (Wildman–Crippen LogP) is 2.66. The second-order valence-electron chi connectivity index (χ2n) is 9.43. The fourth-order valence-corrected chi connectivity index (χ4v) is 4.29. The molecule has 0 aromatic carbocycles. The van der Waals surface area contributed by atoms with Crippen LogP contribution in [0.1, 0.15) is 63.4 Å². The molecule has 164 valence electrons. The summed E-state index contributed by atoms with van der Waals surface area (Å²) in [5.41, 5.74) is 3.91. The molecule has 0 bridgehead atoms. The van der Waals surface area contributed by atoms with Gasteiger partial charge in [0.25, 0.3) is 5.82 Å². The maximum absolute atomic E-state index is 12.3. The van der Waals surface area contributed by atoms with Crippen molar-refractivity contribution >= 4 is 11.8 Å². The topological polar surface area (TPSA) is 82.7 Å². The van der Waals surface area contributed by atoms with Crippen LogP contribution in [0.15, 0.2) is 0 Å². The van der Waals surface area contributed by atoms with Crippen LogP contribution in [0.25, 0.3) is 0 Å². The van der Waals surface area contributed by atoms with Crippen LogP contribution in [0, 0.1) is 17.2 Å². The van der Waals surface area contributed by atoms with E-state index in [1.54, 1.807) is 0 Å². The highest BCUT2D eigenvalue weighted by atomic mass is 16.5. The number of carbonyl (C=O) groups excluding carboxylic acids is 1. The summed E-state index contributed by atoms with van der Waals surface area (Å²) >= 11 is 0. The van der Waals surface area contributed by atoms with Gasteiger partial charge >= 0.3 is 6.03 Å². The molecule has 0 aliphatic carbocycles. The molecule has 0 radical (unpaired) electrons. The zero-order valence-electron chi connectivity index (χ0n) is 19.1. The molecule has 1 aromatic rings. The van der Waals surface area contributed by atoms with Crippen molar-refractivity contribution in [2.75, 3.05) is 37.6 Å². The number of urea groups is 1. The fourth-order valence-electron chi connectivity index (χ4n) is 4.29. The van der Waals surface area contributed by atoms with E-state index in [4.69, 9.17) is 4.74 Å². The first-order valence-electron chi connectivity index (χ1n) is 11.2. The average Bonchev–Trinajstić information content (AvgIpc) is 2.70. The molecule has 1 aromatic heterocycles. The number of carbonyl (C=O) groups is 1. The molecule has 2 amide bonds. The molecule has 2 N–H and O–H groups in total. The molecule has 7 heteroatoms. The van der Waals surface area contributed by atoms with E-state index in [0.717, 1.165) is 41.8 Å². The predicted molar refractivity (Wildman–Crippen MR) is 116 cm³/mol. The second-order valence-corrected chi connectivity index (χ2v) is 9.43. The Hall–Kier alpha value is -2.33. The largest absolute Gasteiger partial charge is 0.370 e. The van der Waals surface area contributed by atoms with Gasteiger partial charge in [-0.15, -0.1) is 0 Å². The van der Waals surface area contributed by atoms with Crippen LogP contribution >= 0.6 is 0 Å². The van der Waals surface area contributed by atoms with Gasteiger partial charge in [-0.3, -0.25) is 4.90 Å². The number of aromatic amines is 1. The maximum atomic E-state index is 12.3. The summed E-state index contributed by atoms with van der Waals surface area (Å²) < 4.78 is 6.08. The molecule has 1 fully saturated rings. The van der Waals surface area contributed by atoms with Gasteiger partial charge in [0.05, 0.1) is 25.3 Å². The Kier molecular flexibility index (Phi) is 6.87. The smallest absolute Gasteiger partial charge is 0.317 e. The van der Waals surface area contributed by atoms with E-state index in [2.05, 4.69) is 55.9 Å². The third kappa shape index (κ3) is 4.86. The van der Waals surface area contributed by atoms with Crippen LogP contribution in [0.3, 0.4) is 0 Å². The summed E-state index contributed by atoms with van der Waals surface area (Å²) in [4.78, 5) is 20.0. The lowest BCUT2D eigenvalue weighted by molar-refractivity contribution is -0.379. The molecule has 0 spiro atoms. The van der Waals surface area contributed by atoms with Gasteiger partial charge in [0.15, 0.2) is 0 Å². The van der Waals surface area contributed by atoms with Gasteiger partial charge in [0.2, 0.25) is 0 Å². The van der Waals surface area contributed by atoms with E-state index in [9.17, 15) is 10.1 Å². The summed E-state index contributed by atoms with van der Waals surface area (Å²) in [7, 11) is 0. The maximum Gasteiger partial charge on any atom is 0.317 e. The van der Waals surface area contributed by atoms with Crippen molar-refractivity contribution < 1.29 is 14.5 Å². The lowest BCUT2D eigenvalue weighted by Crippen LogP contribution is -2.53. The van der Waals surface area contributed by atoms with Crippen LogP contribution in [-0.4, -0.2) is 49.3 Å². The van der Waals surface area contributed by atoms with Crippen LogP contribution in [0.4, 0.5) is 10.6 Å². The number of hydrogen-bond donors (Lipinski definition) is 1. The first kappa shape index (κ1) is 22.4. The number of ether oxygens (including phenoxy) is 1. The zero-order chi connectivity index (χ0) is 21.9. The molecule has 1 saturated heterocycles. The van der Waals surface area contributed by atoms with Gasteiger partial charge in [-0.05, 0) is 31.7 Å². The molecule has 3 heterocycles. The van der Waals surface area contributed by atoms with Crippen molar-refractivity contribution in [2.45, 2.75) is 66.1 Å². The zero-order valence-corrected chi connectivity index (χ0v) is 19.1. The van der Waals surface area contributed by atoms with E-state index in [1.807, 2.05) is 4.90 Å². The number of hydrogen-bond acceptors (Lipinski definition) is 4. The molecule has 0 atom stereocenters. The lowest BCUT2D eigenvalue weighted by atomic mass is 9.86. The van der Waals surface area contributed by atoms with Crippen LogP contribution in [-0.2, 0) is 24.2 Å². The molecule has 3 rings (SSSR count). The van der Waals surface area contributed by atoms with Gasteiger partial charge in [-0.2, -0.15) is 5.26 Å². The molecule has 0 saturated carbocycles. The number of rotatable bonds is 5. The average molecular weight is 415 g/mol. The molecule has 0 unspecified atom stereocenters. The van der Waals surface area contributed by atoms with Crippen molar-refractivity contribution in [1.82, 2.24) is 10.2 Å². The van der Waals surface area contributed by atoms with Gasteiger partial charge in [-0.1, -0.05) is 20.8 Å². The molecular weight excluding hydrogens is 378 g/mol.